The Kier molecular flexibility index (Phi) is 5.76. The standard InChI is InChI=1S/C18H30N2O4/c1-2-5-16(21)20-11-4-3-6-15(20)17(22)19-14-7-9-18(10-8-14)23-12-13-24-18/h14-15H,2-13H2,1H3,(H,19,22). The zero-order valence-electron chi connectivity index (χ0n) is 14.7. The van der Waals surface area contributed by atoms with Crippen LogP contribution in [0.2, 0.25) is 0 Å². The van der Waals surface area contributed by atoms with Crippen LogP contribution >= 0.6 is 0 Å². The van der Waals surface area contributed by atoms with Crippen molar-refractivity contribution >= 4 is 11.8 Å². The van der Waals surface area contributed by atoms with Gasteiger partial charge in [-0.05, 0) is 38.5 Å². The van der Waals surface area contributed by atoms with Crippen molar-refractivity contribution in [2.75, 3.05) is 19.8 Å². The second kappa shape index (κ2) is 7.83. The van der Waals surface area contributed by atoms with Crippen LogP contribution < -0.4 is 5.32 Å². The number of hydrogen-bond acceptors (Lipinski definition) is 4. The maximum absolute atomic E-state index is 12.7. The molecule has 6 nitrogen and oxygen atoms in total. The van der Waals surface area contributed by atoms with Crippen molar-refractivity contribution in [3.63, 3.8) is 0 Å². The minimum absolute atomic E-state index is 0.0216. The minimum Gasteiger partial charge on any atom is -0.352 e. The first-order valence-corrected chi connectivity index (χ1v) is 9.51. The summed E-state index contributed by atoms with van der Waals surface area (Å²) in [5, 5.41) is 3.18. The van der Waals surface area contributed by atoms with Gasteiger partial charge in [-0.3, -0.25) is 9.59 Å². The zero-order chi connectivity index (χ0) is 17.0. The number of likely N-dealkylation sites (tertiary alicyclic amines) is 1. The highest BCUT2D eigenvalue weighted by atomic mass is 16.7. The predicted molar refractivity (Wildman–Crippen MR) is 89.3 cm³/mol. The lowest BCUT2D eigenvalue weighted by Gasteiger charge is -2.38. The minimum atomic E-state index is -0.394. The molecule has 0 aromatic rings. The van der Waals surface area contributed by atoms with Crippen molar-refractivity contribution in [1.82, 2.24) is 10.2 Å². The van der Waals surface area contributed by atoms with E-state index in [1.165, 1.54) is 0 Å². The summed E-state index contributed by atoms with van der Waals surface area (Å²) >= 11 is 0. The molecule has 0 radical (unpaired) electrons. The van der Waals surface area contributed by atoms with Gasteiger partial charge in [0.25, 0.3) is 0 Å². The fraction of sp³-hybridized carbons (Fsp3) is 0.889. The van der Waals surface area contributed by atoms with Crippen LogP contribution in [0, 0.1) is 0 Å². The van der Waals surface area contributed by atoms with Crippen LogP contribution in [0.4, 0.5) is 0 Å². The van der Waals surface area contributed by atoms with E-state index in [4.69, 9.17) is 9.47 Å². The number of ether oxygens (including phenoxy) is 2. The molecule has 2 amide bonds. The summed E-state index contributed by atoms with van der Waals surface area (Å²) in [7, 11) is 0. The fourth-order valence-electron chi connectivity index (χ4n) is 4.15. The van der Waals surface area contributed by atoms with Gasteiger partial charge < -0.3 is 19.7 Å². The van der Waals surface area contributed by atoms with E-state index < -0.39 is 5.79 Å². The summed E-state index contributed by atoms with van der Waals surface area (Å²) in [6.07, 6.45) is 7.58. The van der Waals surface area contributed by atoms with Gasteiger partial charge in [-0.15, -0.1) is 0 Å². The number of carbonyl (C=O) groups excluding carboxylic acids is 2. The Balaban J connectivity index is 1.52. The lowest BCUT2D eigenvalue weighted by molar-refractivity contribution is -0.180. The summed E-state index contributed by atoms with van der Waals surface area (Å²) in [5.41, 5.74) is 0. The summed E-state index contributed by atoms with van der Waals surface area (Å²) in [6, 6.07) is -0.117. The van der Waals surface area contributed by atoms with Crippen LogP contribution in [0.3, 0.4) is 0 Å². The highest BCUT2D eigenvalue weighted by Gasteiger charge is 2.41. The Hall–Kier alpha value is -1.14. The maximum atomic E-state index is 12.7. The van der Waals surface area contributed by atoms with Crippen molar-refractivity contribution in [2.24, 2.45) is 0 Å². The van der Waals surface area contributed by atoms with Crippen molar-refractivity contribution < 1.29 is 19.1 Å². The first-order valence-electron chi connectivity index (χ1n) is 9.51. The van der Waals surface area contributed by atoms with Gasteiger partial charge in [0.15, 0.2) is 5.79 Å². The van der Waals surface area contributed by atoms with Gasteiger partial charge in [0.2, 0.25) is 11.8 Å². The fourth-order valence-corrected chi connectivity index (χ4v) is 4.15. The third-order valence-corrected chi connectivity index (χ3v) is 5.50. The normalized spacial score (nSPS) is 27.4. The van der Waals surface area contributed by atoms with Gasteiger partial charge in [-0.25, -0.2) is 0 Å². The molecule has 0 aromatic carbocycles. The lowest BCUT2D eigenvalue weighted by Crippen LogP contribution is -2.54. The average Bonchev–Trinajstić information content (AvgIpc) is 3.05. The summed E-state index contributed by atoms with van der Waals surface area (Å²) in [6.45, 7) is 4.07. The van der Waals surface area contributed by atoms with Crippen LogP contribution in [0.1, 0.15) is 64.7 Å². The topological polar surface area (TPSA) is 67.9 Å². The average molecular weight is 338 g/mol. The molecule has 2 saturated heterocycles. The molecule has 1 saturated carbocycles. The molecule has 2 heterocycles. The van der Waals surface area contributed by atoms with Gasteiger partial charge >= 0.3 is 0 Å². The molecule has 1 spiro atoms. The van der Waals surface area contributed by atoms with E-state index in [2.05, 4.69) is 5.32 Å². The van der Waals surface area contributed by atoms with E-state index in [0.717, 1.165) is 51.4 Å². The Morgan fingerprint density at radius 3 is 2.50 bits per heavy atom. The van der Waals surface area contributed by atoms with Gasteiger partial charge in [0.05, 0.1) is 13.2 Å². The van der Waals surface area contributed by atoms with E-state index in [1.54, 1.807) is 4.90 Å². The van der Waals surface area contributed by atoms with E-state index in [0.29, 0.717) is 26.2 Å². The first kappa shape index (κ1) is 17.7. The molecule has 1 unspecified atom stereocenters. The molecule has 2 aliphatic heterocycles. The van der Waals surface area contributed by atoms with Crippen LogP contribution in [0.5, 0.6) is 0 Å². The monoisotopic (exact) mass is 338 g/mol. The van der Waals surface area contributed by atoms with E-state index in [1.807, 2.05) is 6.92 Å². The van der Waals surface area contributed by atoms with Crippen LogP contribution in [0.15, 0.2) is 0 Å². The van der Waals surface area contributed by atoms with Crippen molar-refractivity contribution in [3.8, 4) is 0 Å². The number of piperidine rings is 1. The molecular formula is C18H30N2O4. The summed E-state index contributed by atoms with van der Waals surface area (Å²) in [4.78, 5) is 26.8. The quantitative estimate of drug-likeness (QED) is 0.851. The molecule has 3 fully saturated rings. The van der Waals surface area contributed by atoms with Gasteiger partial charge in [-0.1, -0.05) is 6.92 Å². The number of hydrogen-bond donors (Lipinski definition) is 1. The lowest BCUT2D eigenvalue weighted by atomic mass is 9.89. The van der Waals surface area contributed by atoms with Crippen molar-refractivity contribution in [2.45, 2.75) is 82.6 Å². The molecule has 1 N–H and O–H groups in total. The van der Waals surface area contributed by atoms with Crippen molar-refractivity contribution in [1.29, 1.82) is 0 Å². The Morgan fingerprint density at radius 1 is 1.12 bits per heavy atom. The van der Waals surface area contributed by atoms with Crippen LogP contribution in [0.25, 0.3) is 0 Å². The smallest absolute Gasteiger partial charge is 0.243 e. The number of nitrogens with one attached hydrogen (secondary N) is 1. The zero-order valence-corrected chi connectivity index (χ0v) is 14.7. The molecule has 3 rings (SSSR count). The molecule has 136 valence electrons. The predicted octanol–water partition coefficient (Wildman–Crippen LogP) is 1.97. The molecule has 24 heavy (non-hydrogen) atoms. The first-order chi connectivity index (χ1) is 11.6. The van der Waals surface area contributed by atoms with E-state index >= 15 is 0 Å². The van der Waals surface area contributed by atoms with E-state index in [9.17, 15) is 9.59 Å². The van der Waals surface area contributed by atoms with Crippen molar-refractivity contribution in [3.05, 3.63) is 0 Å². The number of rotatable bonds is 4. The highest BCUT2D eigenvalue weighted by molar-refractivity contribution is 5.88. The molecule has 1 aliphatic carbocycles. The Morgan fingerprint density at radius 2 is 1.83 bits per heavy atom. The van der Waals surface area contributed by atoms with Crippen LogP contribution in [-0.2, 0) is 19.1 Å². The van der Waals surface area contributed by atoms with Gasteiger partial charge in [0.1, 0.15) is 6.04 Å². The second-order valence-electron chi connectivity index (χ2n) is 7.24. The third-order valence-electron chi connectivity index (χ3n) is 5.50. The second-order valence-corrected chi connectivity index (χ2v) is 7.24. The summed E-state index contributed by atoms with van der Waals surface area (Å²) in [5.74, 6) is -0.254. The Labute approximate surface area is 144 Å². The molecule has 0 aromatic heterocycles. The third kappa shape index (κ3) is 3.91. The highest BCUT2D eigenvalue weighted by Crippen LogP contribution is 2.35. The molecular weight excluding hydrogens is 308 g/mol. The SMILES string of the molecule is CCCC(=O)N1CCCCC1C(=O)NC1CCC2(CC1)OCCO2. The van der Waals surface area contributed by atoms with Gasteiger partial charge in [-0.2, -0.15) is 0 Å². The summed E-state index contributed by atoms with van der Waals surface area (Å²) < 4.78 is 11.5. The number of amides is 2. The Bertz CT molecular complexity index is 452. The number of carbonyl (C=O) groups is 2. The molecule has 1 atom stereocenters. The molecule has 0 bridgehead atoms. The molecule has 6 heteroatoms. The largest absolute Gasteiger partial charge is 0.352 e. The van der Waals surface area contributed by atoms with E-state index in [-0.39, 0.29) is 23.9 Å². The maximum Gasteiger partial charge on any atom is 0.243 e. The molecule has 3 aliphatic rings. The van der Waals surface area contributed by atoms with Gasteiger partial charge in [0, 0.05) is 31.8 Å². The number of nitrogens with zero attached hydrogens (tertiary/aromatic N) is 1. The van der Waals surface area contributed by atoms with Crippen LogP contribution in [-0.4, -0.2) is 54.3 Å².